The molecule has 7 rings (SSSR count). The summed E-state index contributed by atoms with van der Waals surface area (Å²) in [5, 5.41) is 15.7. The van der Waals surface area contributed by atoms with Crippen molar-refractivity contribution in [1.29, 1.82) is 5.26 Å². The maximum atomic E-state index is 10.0. The number of rotatable bonds is 3. The van der Waals surface area contributed by atoms with E-state index in [0.29, 0.717) is 11.5 Å². The van der Waals surface area contributed by atoms with Gasteiger partial charge in [0, 0.05) is 31.1 Å². The molecule has 33 heavy (non-hydrogen) atoms. The van der Waals surface area contributed by atoms with Gasteiger partial charge in [-0.25, -0.2) is 14.6 Å². The summed E-state index contributed by atoms with van der Waals surface area (Å²) in [4.78, 5) is 13.8. The van der Waals surface area contributed by atoms with Crippen LogP contribution in [-0.4, -0.2) is 70.1 Å². The van der Waals surface area contributed by atoms with E-state index < -0.39 is 0 Å². The first-order valence-electron chi connectivity index (χ1n) is 11.9. The van der Waals surface area contributed by atoms with E-state index in [9.17, 15) is 5.26 Å². The van der Waals surface area contributed by atoms with Crippen LogP contribution in [0.2, 0.25) is 0 Å². The van der Waals surface area contributed by atoms with E-state index in [1.807, 2.05) is 16.9 Å². The predicted octanol–water partition coefficient (Wildman–Crippen LogP) is 2.67. The Bertz CT molecular complexity index is 1280. The van der Waals surface area contributed by atoms with Crippen molar-refractivity contribution in [3.05, 3.63) is 42.4 Å². The summed E-state index contributed by atoms with van der Waals surface area (Å²) in [7, 11) is 2.17. The number of aromatic nitrogens is 4. The Hall–Kier alpha value is -3.02. The van der Waals surface area contributed by atoms with Crippen molar-refractivity contribution < 1.29 is 4.74 Å². The van der Waals surface area contributed by atoms with Crippen molar-refractivity contribution in [2.24, 2.45) is 5.41 Å². The number of morpholine rings is 1. The van der Waals surface area contributed by atoms with E-state index in [2.05, 4.69) is 56.2 Å². The number of benzene rings is 1. The molecule has 4 aliphatic rings. The molecule has 2 atom stereocenters. The zero-order chi connectivity index (χ0) is 22.2. The van der Waals surface area contributed by atoms with Crippen LogP contribution in [0.15, 0.2) is 36.8 Å². The Morgan fingerprint density at radius 2 is 1.97 bits per heavy atom. The summed E-state index contributed by atoms with van der Waals surface area (Å²) in [6.07, 6.45) is 8.24. The highest BCUT2D eigenvalue weighted by Gasteiger charge is 2.62. The molecule has 3 aromatic rings. The van der Waals surface area contributed by atoms with E-state index in [4.69, 9.17) is 4.74 Å². The normalized spacial score (nSPS) is 27.3. The Kier molecular flexibility index (Phi) is 3.98. The number of ether oxygens (including phenoxy) is 1. The van der Waals surface area contributed by atoms with Crippen molar-refractivity contribution in [1.82, 2.24) is 24.6 Å². The van der Waals surface area contributed by atoms with Crippen LogP contribution < -0.4 is 4.90 Å². The molecule has 2 aromatic heterocycles. The molecule has 4 fully saturated rings. The quantitative estimate of drug-likeness (QED) is 0.618. The first-order chi connectivity index (χ1) is 16.1. The van der Waals surface area contributed by atoms with Crippen molar-refractivity contribution >= 4 is 16.7 Å². The summed E-state index contributed by atoms with van der Waals surface area (Å²) < 4.78 is 7.89. The van der Waals surface area contributed by atoms with Gasteiger partial charge in [0.15, 0.2) is 5.82 Å². The van der Waals surface area contributed by atoms with Crippen LogP contribution >= 0.6 is 0 Å². The molecule has 8 heteroatoms. The topological polar surface area (TPSA) is 83.1 Å². The maximum absolute atomic E-state index is 10.0. The second-order valence-electron chi connectivity index (χ2n) is 10.5. The molecular weight excluding hydrogens is 414 g/mol. The Morgan fingerprint density at radius 1 is 1.12 bits per heavy atom. The molecule has 0 unspecified atom stereocenters. The van der Waals surface area contributed by atoms with Gasteiger partial charge in [-0.2, -0.15) is 10.4 Å². The predicted molar refractivity (Wildman–Crippen MR) is 123 cm³/mol. The number of nitrogens with zero attached hydrogens (tertiary/aromatic N) is 7. The van der Waals surface area contributed by atoms with Crippen LogP contribution in [0.25, 0.3) is 16.7 Å². The molecule has 0 radical (unpaired) electrons. The molecule has 0 amide bonds. The van der Waals surface area contributed by atoms with Gasteiger partial charge in [0.1, 0.15) is 12.1 Å². The molecule has 1 spiro atoms. The van der Waals surface area contributed by atoms with E-state index >= 15 is 0 Å². The van der Waals surface area contributed by atoms with Gasteiger partial charge in [-0.1, -0.05) is 12.1 Å². The van der Waals surface area contributed by atoms with E-state index in [1.54, 1.807) is 6.33 Å². The highest BCUT2D eigenvalue weighted by atomic mass is 16.5. The fraction of sp³-hybridized carbons (Fsp3) is 0.520. The number of hydrogen-bond donors (Lipinski definition) is 0. The highest BCUT2D eigenvalue weighted by Crippen LogP contribution is 2.68. The van der Waals surface area contributed by atoms with Gasteiger partial charge in [0.05, 0.1) is 42.0 Å². The Labute approximate surface area is 192 Å². The zero-order valence-electron chi connectivity index (χ0n) is 18.8. The second kappa shape index (κ2) is 6.75. The second-order valence-corrected chi connectivity index (χ2v) is 10.5. The van der Waals surface area contributed by atoms with Crippen molar-refractivity contribution in [2.45, 2.75) is 43.2 Å². The van der Waals surface area contributed by atoms with Crippen molar-refractivity contribution in [3.8, 4) is 11.9 Å². The summed E-state index contributed by atoms with van der Waals surface area (Å²) in [6, 6.07) is 11.4. The van der Waals surface area contributed by atoms with Gasteiger partial charge in [0.2, 0.25) is 0 Å². The summed E-state index contributed by atoms with van der Waals surface area (Å²) in [5.41, 5.74) is 2.20. The van der Waals surface area contributed by atoms with E-state index in [1.165, 1.54) is 12.8 Å². The molecule has 2 aliphatic carbocycles. The zero-order valence-corrected chi connectivity index (χ0v) is 18.8. The van der Waals surface area contributed by atoms with Crippen LogP contribution in [0.4, 0.5) is 5.82 Å². The third kappa shape index (κ3) is 2.92. The fourth-order valence-corrected chi connectivity index (χ4v) is 6.28. The minimum Gasteiger partial charge on any atom is -0.373 e. The third-order valence-corrected chi connectivity index (χ3v) is 8.41. The number of nitriles is 1. The molecule has 2 saturated heterocycles. The van der Waals surface area contributed by atoms with Gasteiger partial charge in [0.25, 0.3) is 0 Å². The van der Waals surface area contributed by atoms with Crippen LogP contribution in [-0.2, 0) is 10.2 Å². The molecule has 2 aliphatic heterocycles. The van der Waals surface area contributed by atoms with E-state index in [-0.39, 0.29) is 11.5 Å². The molecule has 1 aromatic carbocycles. The number of hydrogen-bond acceptors (Lipinski definition) is 7. The summed E-state index contributed by atoms with van der Waals surface area (Å²) >= 11 is 0. The maximum Gasteiger partial charge on any atom is 0.159 e. The summed E-state index contributed by atoms with van der Waals surface area (Å²) in [6.45, 7) is 3.49. The lowest BCUT2D eigenvalue weighted by Crippen LogP contribution is -2.48. The first kappa shape index (κ1) is 19.4. The minimum absolute atomic E-state index is 0.217. The van der Waals surface area contributed by atoms with Gasteiger partial charge in [-0.3, -0.25) is 4.90 Å². The number of anilines is 1. The fourth-order valence-electron chi connectivity index (χ4n) is 6.28. The van der Waals surface area contributed by atoms with Gasteiger partial charge in [-0.15, -0.1) is 0 Å². The first-order valence-corrected chi connectivity index (χ1v) is 11.9. The van der Waals surface area contributed by atoms with E-state index in [0.717, 1.165) is 67.2 Å². The number of likely N-dealkylation sites (N-methyl/N-ethyl adjacent to an activating group) is 1. The third-order valence-electron chi connectivity index (χ3n) is 8.41. The number of fused-ring (bicyclic) bond motifs is 2. The monoisotopic (exact) mass is 441 g/mol. The largest absolute Gasteiger partial charge is 0.373 e. The molecule has 0 N–H and O–H groups in total. The van der Waals surface area contributed by atoms with Gasteiger partial charge >= 0.3 is 0 Å². The lowest BCUT2D eigenvalue weighted by atomic mass is 9.57. The molecule has 2 saturated carbocycles. The average molecular weight is 442 g/mol. The lowest BCUT2D eigenvalue weighted by Gasteiger charge is -2.44. The molecule has 4 heterocycles. The molecule has 168 valence electrons. The molecule has 0 bridgehead atoms. The highest BCUT2D eigenvalue weighted by molar-refractivity contribution is 5.81. The minimum atomic E-state index is -0.353. The molecule has 8 nitrogen and oxygen atoms in total. The van der Waals surface area contributed by atoms with Gasteiger partial charge in [-0.05, 0) is 49.8 Å². The Morgan fingerprint density at radius 3 is 2.76 bits per heavy atom. The van der Waals surface area contributed by atoms with Crippen LogP contribution in [0, 0.1) is 16.7 Å². The smallest absolute Gasteiger partial charge is 0.159 e. The van der Waals surface area contributed by atoms with Crippen LogP contribution in [0.5, 0.6) is 0 Å². The molecular formula is C25H27N7O. The lowest BCUT2D eigenvalue weighted by molar-refractivity contribution is -0.0362. The van der Waals surface area contributed by atoms with Crippen LogP contribution in [0.1, 0.15) is 31.2 Å². The van der Waals surface area contributed by atoms with Crippen molar-refractivity contribution in [2.75, 3.05) is 38.2 Å². The standard InChI is InChI=1S/C25H27N7O/c1-30-6-7-33-21-12-31(11-20(21)30)22-9-23(28-16-27-22)32-19-8-18(3-2-17(19)10-29-32)25(15-26)13-24(14-25)4-5-24/h2-3,8-10,16,20-21H,4-7,11-14H2,1H3/t20-,21+/m1/s1. The Balaban J connectivity index is 1.22. The van der Waals surface area contributed by atoms with Crippen molar-refractivity contribution in [3.63, 3.8) is 0 Å². The summed E-state index contributed by atoms with van der Waals surface area (Å²) in [5.74, 6) is 1.64. The SMILES string of the molecule is CN1CCO[C@H]2CN(c3cc(-n4ncc5ccc(C6(C#N)CC7(CC7)C6)cc54)ncn3)C[C@H]21. The van der Waals surface area contributed by atoms with Crippen LogP contribution in [0.3, 0.4) is 0 Å². The average Bonchev–Trinajstić information content (AvgIpc) is 3.28. The van der Waals surface area contributed by atoms with Gasteiger partial charge < -0.3 is 9.64 Å².